The summed E-state index contributed by atoms with van der Waals surface area (Å²) in [5.74, 6) is -1.10. The van der Waals surface area contributed by atoms with Crippen molar-refractivity contribution in [3.05, 3.63) is 64.5 Å². The van der Waals surface area contributed by atoms with Crippen molar-refractivity contribution in [2.75, 3.05) is 34.3 Å². The van der Waals surface area contributed by atoms with Gasteiger partial charge in [0.25, 0.3) is 11.7 Å². The van der Waals surface area contributed by atoms with Crippen LogP contribution in [0.25, 0.3) is 5.76 Å². The molecule has 30 heavy (non-hydrogen) atoms. The summed E-state index contributed by atoms with van der Waals surface area (Å²) in [6.07, 6.45) is 3.24. The van der Waals surface area contributed by atoms with Crippen molar-refractivity contribution in [3.63, 3.8) is 0 Å². The summed E-state index contributed by atoms with van der Waals surface area (Å²) in [6.45, 7) is 4.70. The molecule has 1 unspecified atom stereocenters. The lowest BCUT2D eigenvalue weighted by Gasteiger charge is -2.26. The number of amides is 1. The molecule has 2 aromatic rings. The molecule has 0 aliphatic carbocycles. The van der Waals surface area contributed by atoms with Crippen LogP contribution in [0.4, 0.5) is 0 Å². The first-order valence-corrected chi connectivity index (χ1v) is 9.75. The fraction of sp³-hybridized carbons (Fsp3) is 0.348. The van der Waals surface area contributed by atoms with E-state index in [1.807, 2.05) is 38.9 Å². The number of Topliss-reactive ketones (excluding diaryl/α,β-unsaturated/α-hetero) is 1. The van der Waals surface area contributed by atoms with Gasteiger partial charge in [0.15, 0.2) is 0 Å². The molecule has 1 saturated heterocycles. The molecule has 2 heterocycles. The zero-order valence-corrected chi connectivity index (χ0v) is 18.0. The van der Waals surface area contributed by atoms with E-state index < -0.39 is 17.7 Å². The number of aliphatic hydroxyl groups excluding tert-OH is 1. The Morgan fingerprint density at radius 2 is 2.00 bits per heavy atom. The fourth-order valence-electron chi connectivity index (χ4n) is 3.85. The van der Waals surface area contributed by atoms with Gasteiger partial charge < -0.3 is 19.6 Å². The van der Waals surface area contributed by atoms with E-state index in [-0.39, 0.29) is 11.3 Å². The van der Waals surface area contributed by atoms with Crippen molar-refractivity contribution in [1.82, 2.24) is 14.8 Å². The standard InChI is InChI=1S/C23H27N3O4/c1-14-11-15(2)22(30-5)17(12-14)20(27)18-19(16-7-6-8-24-13-16)26(10-9-25(3)4)23(29)21(18)28/h6-8,11-13,19,27H,9-10H2,1-5H3/b20-18+. The molecule has 1 fully saturated rings. The first kappa shape index (κ1) is 21.5. The lowest BCUT2D eigenvalue weighted by Crippen LogP contribution is -2.35. The van der Waals surface area contributed by atoms with E-state index in [9.17, 15) is 14.7 Å². The number of ketones is 1. The van der Waals surface area contributed by atoms with Gasteiger partial charge in [0.05, 0.1) is 24.3 Å². The number of carbonyl (C=O) groups excluding carboxylic acids is 2. The van der Waals surface area contributed by atoms with E-state index in [1.54, 1.807) is 30.6 Å². The molecule has 1 N–H and O–H groups in total. The van der Waals surface area contributed by atoms with Gasteiger partial charge in [-0.1, -0.05) is 12.1 Å². The molecule has 7 nitrogen and oxygen atoms in total. The van der Waals surface area contributed by atoms with Crippen LogP contribution in [-0.2, 0) is 9.59 Å². The topological polar surface area (TPSA) is 83.0 Å². The van der Waals surface area contributed by atoms with E-state index in [0.717, 1.165) is 11.1 Å². The summed E-state index contributed by atoms with van der Waals surface area (Å²) in [5, 5.41) is 11.3. The number of methoxy groups -OCH3 is 1. The van der Waals surface area contributed by atoms with Gasteiger partial charge in [-0.15, -0.1) is 0 Å². The van der Waals surface area contributed by atoms with Crippen LogP contribution < -0.4 is 4.74 Å². The van der Waals surface area contributed by atoms with E-state index in [2.05, 4.69) is 4.98 Å². The van der Waals surface area contributed by atoms with Crippen LogP contribution in [0, 0.1) is 13.8 Å². The predicted molar refractivity (Wildman–Crippen MR) is 114 cm³/mol. The van der Waals surface area contributed by atoms with Crippen molar-refractivity contribution in [1.29, 1.82) is 0 Å². The Kier molecular flexibility index (Phi) is 6.22. The van der Waals surface area contributed by atoms with Crippen LogP contribution in [-0.4, -0.2) is 65.9 Å². The zero-order chi connectivity index (χ0) is 22.0. The molecule has 1 aliphatic heterocycles. The Labute approximate surface area is 176 Å². The van der Waals surface area contributed by atoms with Crippen molar-refractivity contribution >= 4 is 17.4 Å². The summed E-state index contributed by atoms with van der Waals surface area (Å²) in [7, 11) is 5.31. The highest BCUT2D eigenvalue weighted by molar-refractivity contribution is 6.46. The molecular formula is C23H27N3O4. The van der Waals surface area contributed by atoms with Crippen LogP contribution in [0.1, 0.15) is 28.3 Å². The number of aromatic nitrogens is 1. The van der Waals surface area contributed by atoms with Gasteiger partial charge in [-0.3, -0.25) is 14.6 Å². The Balaban J connectivity index is 2.23. The van der Waals surface area contributed by atoms with Gasteiger partial charge in [0, 0.05) is 25.5 Å². The molecule has 158 valence electrons. The van der Waals surface area contributed by atoms with Gasteiger partial charge in [-0.05, 0) is 56.8 Å². The molecule has 1 amide bonds. The van der Waals surface area contributed by atoms with E-state index in [4.69, 9.17) is 4.74 Å². The highest BCUT2D eigenvalue weighted by atomic mass is 16.5. The second-order valence-electron chi connectivity index (χ2n) is 7.74. The zero-order valence-electron chi connectivity index (χ0n) is 18.0. The molecule has 0 bridgehead atoms. The predicted octanol–water partition coefficient (Wildman–Crippen LogP) is 2.69. The SMILES string of the molecule is COc1c(C)cc(C)cc1/C(O)=C1\C(=O)C(=O)N(CCN(C)C)C1c1cccnc1. The van der Waals surface area contributed by atoms with Gasteiger partial charge in [-0.2, -0.15) is 0 Å². The second kappa shape index (κ2) is 8.67. The van der Waals surface area contributed by atoms with Crippen molar-refractivity contribution in [2.45, 2.75) is 19.9 Å². The molecule has 1 atom stereocenters. The normalized spacial score (nSPS) is 18.3. The van der Waals surface area contributed by atoms with Crippen molar-refractivity contribution < 1.29 is 19.4 Å². The molecule has 1 aromatic heterocycles. The molecule has 1 aliphatic rings. The number of rotatable bonds is 6. The largest absolute Gasteiger partial charge is 0.507 e. The van der Waals surface area contributed by atoms with Crippen LogP contribution in [0.2, 0.25) is 0 Å². The number of ether oxygens (including phenoxy) is 1. The number of aryl methyl sites for hydroxylation is 2. The second-order valence-corrected chi connectivity index (χ2v) is 7.74. The minimum absolute atomic E-state index is 0.0510. The number of benzene rings is 1. The maximum absolute atomic E-state index is 13.0. The first-order valence-electron chi connectivity index (χ1n) is 9.75. The minimum Gasteiger partial charge on any atom is -0.507 e. The van der Waals surface area contributed by atoms with Gasteiger partial charge in [0.1, 0.15) is 11.5 Å². The molecular weight excluding hydrogens is 382 g/mol. The number of hydrogen-bond acceptors (Lipinski definition) is 6. The number of likely N-dealkylation sites (tertiary alicyclic amines) is 1. The quantitative estimate of drug-likeness (QED) is 0.449. The van der Waals surface area contributed by atoms with Gasteiger partial charge in [0.2, 0.25) is 0 Å². The number of likely N-dealkylation sites (N-methyl/N-ethyl adjacent to an activating group) is 1. The van der Waals surface area contributed by atoms with Crippen LogP contribution in [0.15, 0.2) is 42.2 Å². The summed E-state index contributed by atoms with van der Waals surface area (Å²) in [6, 6.07) is 6.53. The highest BCUT2D eigenvalue weighted by Gasteiger charge is 2.46. The molecule has 1 aromatic carbocycles. The Morgan fingerprint density at radius 3 is 2.60 bits per heavy atom. The lowest BCUT2D eigenvalue weighted by molar-refractivity contribution is -0.140. The maximum Gasteiger partial charge on any atom is 0.295 e. The average Bonchev–Trinajstić information content (AvgIpc) is 2.96. The van der Waals surface area contributed by atoms with Crippen molar-refractivity contribution in [3.8, 4) is 5.75 Å². The van der Waals surface area contributed by atoms with Crippen LogP contribution in [0.3, 0.4) is 0 Å². The average molecular weight is 409 g/mol. The third-order valence-electron chi connectivity index (χ3n) is 5.21. The number of carbonyl (C=O) groups is 2. The van der Waals surface area contributed by atoms with E-state index in [0.29, 0.717) is 30.0 Å². The number of pyridine rings is 1. The third-order valence-corrected chi connectivity index (χ3v) is 5.21. The summed E-state index contributed by atoms with van der Waals surface area (Å²) >= 11 is 0. The maximum atomic E-state index is 13.0. The molecule has 0 spiro atoms. The van der Waals surface area contributed by atoms with Gasteiger partial charge >= 0.3 is 0 Å². The van der Waals surface area contributed by atoms with Crippen LogP contribution in [0.5, 0.6) is 5.75 Å². The molecule has 0 radical (unpaired) electrons. The summed E-state index contributed by atoms with van der Waals surface area (Å²) in [4.78, 5) is 33.5. The highest BCUT2D eigenvalue weighted by Crippen LogP contribution is 2.41. The third kappa shape index (κ3) is 3.93. The monoisotopic (exact) mass is 409 g/mol. The molecule has 0 saturated carbocycles. The first-order chi connectivity index (χ1) is 14.3. The molecule has 7 heteroatoms. The van der Waals surface area contributed by atoms with E-state index >= 15 is 0 Å². The Hall–Kier alpha value is -3.19. The Morgan fingerprint density at radius 1 is 1.27 bits per heavy atom. The molecule has 3 rings (SSSR count). The lowest BCUT2D eigenvalue weighted by atomic mass is 9.94. The summed E-state index contributed by atoms with van der Waals surface area (Å²) in [5.41, 5.74) is 2.86. The smallest absolute Gasteiger partial charge is 0.295 e. The fourth-order valence-corrected chi connectivity index (χ4v) is 3.85. The number of nitrogens with zero attached hydrogens (tertiary/aromatic N) is 3. The summed E-state index contributed by atoms with van der Waals surface area (Å²) < 4.78 is 5.50. The van der Waals surface area contributed by atoms with E-state index in [1.165, 1.54) is 12.0 Å². The van der Waals surface area contributed by atoms with Crippen LogP contribution >= 0.6 is 0 Å². The van der Waals surface area contributed by atoms with Gasteiger partial charge in [-0.25, -0.2) is 0 Å². The number of hydrogen-bond donors (Lipinski definition) is 1. The van der Waals surface area contributed by atoms with Crippen molar-refractivity contribution in [2.24, 2.45) is 0 Å². The minimum atomic E-state index is -0.718. The number of aliphatic hydroxyl groups is 1. The Bertz CT molecular complexity index is 999.